The summed E-state index contributed by atoms with van der Waals surface area (Å²) in [6, 6.07) is 7.40. The lowest BCUT2D eigenvalue weighted by Gasteiger charge is -2.06. The van der Waals surface area contributed by atoms with Crippen molar-refractivity contribution in [3.8, 4) is 16.4 Å². The van der Waals surface area contributed by atoms with Crippen LogP contribution in [0.15, 0.2) is 43.0 Å². The molecule has 0 spiro atoms. The maximum absolute atomic E-state index is 12.8. The summed E-state index contributed by atoms with van der Waals surface area (Å²) in [5, 5.41) is 7.99. The number of aromatic nitrogens is 6. The highest BCUT2D eigenvalue weighted by atomic mass is 32.1. The van der Waals surface area contributed by atoms with Gasteiger partial charge in [-0.15, -0.1) is 11.3 Å². The van der Waals surface area contributed by atoms with Crippen molar-refractivity contribution in [2.75, 3.05) is 5.32 Å². The molecule has 4 rings (SSSR count). The van der Waals surface area contributed by atoms with Gasteiger partial charge in [-0.2, -0.15) is 5.10 Å². The number of anilines is 1. The average Bonchev–Trinajstić information content (AvgIpc) is 3.24. The minimum absolute atomic E-state index is 0.261. The minimum atomic E-state index is -0.261. The summed E-state index contributed by atoms with van der Waals surface area (Å²) in [7, 11) is 0. The Kier molecular flexibility index (Phi) is 4.66. The lowest BCUT2D eigenvalue weighted by Crippen LogP contribution is -2.13. The van der Waals surface area contributed by atoms with Gasteiger partial charge in [0.25, 0.3) is 5.91 Å². The molecule has 1 N–H and O–H groups in total. The third-order valence-corrected chi connectivity index (χ3v) is 5.24. The number of rotatable bonds is 4. The molecular formula is C19H17N7OS. The number of pyridine rings is 1. The standard InChI is InChI=1S/C19H17N7OS/c1-11-7-12(2)26(25-11)16-8-15(21-10-22-16)24-18(27)17-13(3)23-19(28-17)14-5-4-6-20-9-14/h4-10H,1-3H3,(H,21,22,24,27). The van der Waals surface area contributed by atoms with Crippen LogP contribution in [-0.4, -0.2) is 35.6 Å². The van der Waals surface area contributed by atoms with Crippen LogP contribution < -0.4 is 5.32 Å². The van der Waals surface area contributed by atoms with E-state index in [9.17, 15) is 4.79 Å². The number of nitrogens with one attached hydrogen (secondary N) is 1. The molecule has 28 heavy (non-hydrogen) atoms. The third kappa shape index (κ3) is 3.52. The Morgan fingerprint density at radius 1 is 1.18 bits per heavy atom. The van der Waals surface area contributed by atoms with Crippen LogP contribution in [0, 0.1) is 20.8 Å². The monoisotopic (exact) mass is 391 g/mol. The van der Waals surface area contributed by atoms with Crippen molar-refractivity contribution < 1.29 is 4.79 Å². The number of nitrogens with zero attached hydrogens (tertiary/aromatic N) is 6. The van der Waals surface area contributed by atoms with E-state index in [0.29, 0.717) is 22.2 Å². The summed E-state index contributed by atoms with van der Waals surface area (Å²) in [4.78, 5) is 30.3. The fourth-order valence-electron chi connectivity index (χ4n) is 2.78. The van der Waals surface area contributed by atoms with Gasteiger partial charge in [-0.25, -0.2) is 19.6 Å². The molecule has 0 aromatic carbocycles. The van der Waals surface area contributed by atoms with Crippen LogP contribution in [0.3, 0.4) is 0 Å². The number of amides is 1. The minimum Gasteiger partial charge on any atom is -0.306 e. The lowest BCUT2D eigenvalue weighted by atomic mass is 10.3. The molecule has 4 heterocycles. The van der Waals surface area contributed by atoms with Crippen LogP contribution >= 0.6 is 11.3 Å². The SMILES string of the molecule is Cc1cc(C)n(-c2cc(NC(=O)c3sc(-c4cccnc4)nc3C)ncn2)n1. The molecule has 0 radical (unpaired) electrons. The van der Waals surface area contributed by atoms with Crippen molar-refractivity contribution in [1.29, 1.82) is 0 Å². The van der Waals surface area contributed by atoms with Gasteiger partial charge in [0.2, 0.25) is 0 Å². The maximum atomic E-state index is 12.8. The highest BCUT2D eigenvalue weighted by Gasteiger charge is 2.17. The normalized spacial score (nSPS) is 10.8. The summed E-state index contributed by atoms with van der Waals surface area (Å²) in [5.74, 6) is 0.731. The number of carbonyl (C=O) groups is 1. The van der Waals surface area contributed by atoms with Crippen molar-refractivity contribution in [3.63, 3.8) is 0 Å². The molecule has 9 heteroatoms. The summed E-state index contributed by atoms with van der Waals surface area (Å²) in [5.41, 5.74) is 3.38. The first-order valence-corrected chi connectivity index (χ1v) is 9.38. The van der Waals surface area contributed by atoms with E-state index in [1.165, 1.54) is 17.7 Å². The van der Waals surface area contributed by atoms with Gasteiger partial charge in [0.15, 0.2) is 5.82 Å². The predicted molar refractivity (Wildman–Crippen MR) is 107 cm³/mol. The summed E-state index contributed by atoms with van der Waals surface area (Å²) in [6.07, 6.45) is 4.83. The summed E-state index contributed by atoms with van der Waals surface area (Å²) in [6.45, 7) is 5.67. The second-order valence-electron chi connectivity index (χ2n) is 6.23. The molecule has 140 valence electrons. The van der Waals surface area contributed by atoms with E-state index in [1.807, 2.05) is 39.0 Å². The molecule has 0 saturated heterocycles. The first-order valence-electron chi connectivity index (χ1n) is 8.56. The zero-order chi connectivity index (χ0) is 19.7. The van der Waals surface area contributed by atoms with E-state index >= 15 is 0 Å². The van der Waals surface area contributed by atoms with E-state index in [0.717, 1.165) is 22.0 Å². The van der Waals surface area contributed by atoms with Crippen molar-refractivity contribution in [2.24, 2.45) is 0 Å². The number of hydrogen-bond acceptors (Lipinski definition) is 7. The second-order valence-corrected chi connectivity index (χ2v) is 7.23. The molecule has 0 aliphatic heterocycles. The molecule has 8 nitrogen and oxygen atoms in total. The first kappa shape index (κ1) is 17.9. The summed E-state index contributed by atoms with van der Waals surface area (Å²) >= 11 is 1.32. The van der Waals surface area contributed by atoms with E-state index in [-0.39, 0.29) is 5.91 Å². The lowest BCUT2D eigenvalue weighted by molar-refractivity contribution is 0.102. The molecule has 4 aromatic heterocycles. The predicted octanol–water partition coefficient (Wildman–Crippen LogP) is 3.36. The smallest absolute Gasteiger partial charge is 0.268 e. The highest BCUT2D eigenvalue weighted by Crippen LogP contribution is 2.27. The molecular weight excluding hydrogens is 374 g/mol. The van der Waals surface area contributed by atoms with Gasteiger partial charge in [-0.3, -0.25) is 9.78 Å². The van der Waals surface area contributed by atoms with Crippen molar-refractivity contribution in [1.82, 2.24) is 29.7 Å². The highest BCUT2D eigenvalue weighted by molar-refractivity contribution is 7.17. The molecule has 1 amide bonds. The Labute approximate surface area is 165 Å². The van der Waals surface area contributed by atoms with E-state index in [2.05, 4.69) is 30.4 Å². The Balaban J connectivity index is 1.59. The third-order valence-electron chi connectivity index (χ3n) is 4.03. The van der Waals surface area contributed by atoms with Gasteiger partial charge >= 0.3 is 0 Å². The Morgan fingerprint density at radius 2 is 2.04 bits per heavy atom. The van der Waals surface area contributed by atoms with Crippen LogP contribution in [0.1, 0.15) is 26.8 Å². The van der Waals surface area contributed by atoms with Gasteiger partial charge in [0.1, 0.15) is 22.0 Å². The molecule has 0 aliphatic rings. The number of aryl methyl sites for hydroxylation is 3. The topological polar surface area (TPSA) is 98.5 Å². The number of thiazole rings is 1. The first-order chi connectivity index (χ1) is 13.5. The summed E-state index contributed by atoms with van der Waals surface area (Å²) < 4.78 is 1.71. The van der Waals surface area contributed by atoms with Crippen LogP contribution in [0.2, 0.25) is 0 Å². The van der Waals surface area contributed by atoms with Gasteiger partial charge in [-0.05, 0) is 39.0 Å². The van der Waals surface area contributed by atoms with Gasteiger partial charge < -0.3 is 5.32 Å². The zero-order valence-corrected chi connectivity index (χ0v) is 16.4. The fraction of sp³-hybridized carbons (Fsp3) is 0.158. The quantitative estimate of drug-likeness (QED) is 0.573. The van der Waals surface area contributed by atoms with Gasteiger partial charge in [0.05, 0.1) is 11.4 Å². The van der Waals surface area contributed by atoms with Crippen LogP contribution in [0.25, 0.3) is 16.4 Å². The van der Waals surface area contributed by atoms with Crippen LogP contribution in [0.4, 0.5) is 5.82 Å². The number of hydrogen-bond donors (Lipinski definition) is 1. The molecule has 0 unspecified atom stereocenters. The van der Waals surface area contributed by atoms with Gasteiger partial charge in [0, 0.05) is 29.7 Å². The Morgan fingerprint density at radius 3 is 2.75 bits per heavy atom. The van der Waals surface area contributed by atoms with E-state index in [1.54, 1.807) is 23.1 Å². The Bertz CT molecular complexity index is 1150. The molecule has 0 aliphatic carbocycles. The number of carbonyl (C=O) groups excluding carboxylic acids is 1. The molecule has 0 bridgehead atoms. The zero-order valence-electron chi connectivity index (χ0n) is 15.5. The molecule has 0 atom stereocenters. The Hall–Kier alpha value is -3.46. The van der Waals surface area contributed by atoms with Gasteiger partial charge in [-0.1, -0.05) is 0 Å². The average molecular weight is 391 g/mol. The second kappa shape index (κ2) is 7.28. The fourth-order valence-corrected chi connectivity index (χ4v) is 3.74. The van der Waals surface area contributed by atoms with Crippen molar-refractivity contribution in [3.05, 3.63) is 64.9 Å². The van der Waals surface area contributed by atoms with E-state index in [4.69, 9.17) is 0 Å². The van der Waals surface area contributed by atoms with Crippen LogP contribution in [-0.2, 0) is 0 Å². The molecule has 4 aromatic rings. The van der Waals surface area contributed by atoms with Crippen molar-refractivity contribution in [2.45, 2.75) is 20.8 Å². The van der Waals surface area contributed by atoms with Crippen molar-refractivity contribution >= 4 is 23.1 Å². The molecule has 0 fully saturated rings. The van der Waals surface area contributed by atoms with Crippen LogP contribution in [0.5, 0.6) is 0 Å². The largest absolute Gasteiger partial charge is 0.306 e. The van der Waals surface area contributed by atoms with E-state index < -0.39 is 0 Å². The molecule has 0 saturated carbocycles. The maximum Gasteiger partial charge on any atom is 0.268 e.